The van der Waals surface area contributed by atoms with Gasteiger partial charge in [0.2, 0.25) is 27.7 Å². The molecule has 66 heavy (non-hydrogen) atoms. The molecule has 3 saturated carbocycles. The summed E-state index contributed by atoms with van der Waals surface area (Å²) in [5.41, 5.74) is -0.809. The van der Waals surface area contributed by atoms with Crippen LogP contribution in [0.25, 0.3) is 10.9 Å². The first kappa shape index (κ1) is 46.7. The zero-order valence-corrected chi connectivity index (χ0v) is 40.3. The topological polar surface area (TPSA) is 186 Å². The van der Waals surface area contributed by atoms with Crippen molar-refractivity contribution in [2.24, 2.45) is 17.3 Å². The lowest BCUT2D eigenvalue weighted by Gasteiger charge is -2.47. The van der Waals surface area contributed by atoms with E-state index in [2.05, 4.69) is 39.8 Å². The summed E-state index contributed by atoms with van der Waals surface area (Å²) in [7, 11) is -4.03. The highest BCUT2D eigenvalue weighted by Crippen LogP contribution is 2.46. The Morgan fingerprint density at radius 2 is 1.74 bits per heavy atom. The minimum Gasteiger partial charge on any atom is -0.489 e. The van der Waals surface area contributed by atoms with E-state index in [-0.39, 0.29) is 37.5 Å². The number of fused-ring (bicyclic) bond motifs is 7. The molecule has 5 heterocycles. The van der Waals surface area contributed by atoms with Crippen LogP contribution in [0, 0.1) is 17.3 Å². The number of nitrogens with one attached hydrogen (secondary N) is 3. The summed E-state index contributed by atoms with van der Waals surface area (Å²) < 4.78 is 48.0. The van der Waals surface area contributed by atoms with E-state index in [1.165, 1.54) is 17.7 Å². The molecule has 15 nitrogen and oxygen atoms in total. The van der Waals surface area contributed by atoms with Crippen molar-refractivity contribution < 1.29 is 41.8 Å². The van der Waals surface area contributed by atoms with Gasteiger partial charge >= 0.3 is 6.09 Å². The molecular weight excluding hydrogens is 861 g/mol. The third-order valence-electron chi connectivity index (χ3n) is 16.0. The van der Waals surface area contributed by atoms with Crippen LogP contribution in [0.3, 0.4) is 0 Å². The molecule has 3 saturated heterocycles. The van der Waals surface area contributed by atoms with E-state index in [9.17, 15) is 22.8 Å². The van der Waals surface area contributed by atoms with Crippen molar-refractivity contribution in [3.63, 3.8) is 0 Å². The fourth-order valence-electron chi connectivity index (χ4n) is 11.4. The fraction of sp³-hybridized carbons (Fsp3) is 0.700. The van der Waals surface area contributed by atoms with Crippen molar-refractivity contribution in [1.29, 1.82) is 0 Å². The number of carbonyl (C=O) groups excluding carboxylic acids is 4. The average Bonchev–Trinajstić information content (AvgIpc) is 4.13. The number of sulfonamides is 1. The summed E-state index contributed by atoms with van der Waals surface area (Å²) >= 11 is 0. The standard InChI is InChI=1S/C50H70N6O9S/c1-7-24-55-32-18-19-33(55)27-34(26-32)63-41-36-15-12-13-17-38(36)51-44-37(41)16-11-9-10-14-30-25-40(30)65-47(60)52-42(48(3,4)5)45(58)56-29-35(64-44)28-39(56)43(57)53-50(21-20-31(50)8-2)46(59)54-66(61,62)49(6)22-23-49/h8,12-13,15,17,30-35,39-40,42H,2,7,9-11,14,16,18-29H2,1,3-6H3,(H,52,60)(H,53,57)(H,54,59). The number of carbonyl (C=O) groups is 4. The van der Waals surface area contributed by atoms with E-state index in [1.807, 2.05) is 39.0 Å². The van der Waals surface area contributed by atoms with Crippen LogP contribution in [-0.2, 0) is 35.6 Å². The van der Waals surface area contributed by atoms with Gasteiger partial charge in [-0.25, -0.2) is 18.2 Å². The Labute approximate surface area is 389 Å². The highest BCUT2D eigenvalue weighted by atomic mass is 32.2. The van der Waals surface area contributed by atoms with Crippen LogP contribution in [0.5, 0.6) is 11.6 Å². The minimum absolute atomic E-state index is 0.0227. The van der Waals surface area contributed by atoms with Crippen molar-refractivity contribution >= 4 is 44.7 Å². The number of alkyl carbamates (subject to hydrolysis) is 1. The maximum atomic E-state index is 15.0. The smallest absolute Gasteiger partial charge is 0.408 e. The van der Waals surface area contributed by atoms with E-state index in [4.69, 9.17) is 19.2 Å². The normalized spacial score (nSPS) is 33.3. The first-order chi connectivity index (χ1) is 31.4. The van der Waals surface area contributed by atoms with Gasteiger partial charge < -0.3 is 29.7 Å². The summed E-state index contributed by atoms with van der Waals surface area (Å²) in [6, 6.07) is 6.72. The number of amides is 4. The molecule has 9 atom stereocenters. The predicted molar refractivity (Wildman–Crippen MR) is 249 cm³/mol. The summed E-state index contributed by atoms with van der Waals surface area (Å²) in [5, 5.41) is 6.74. The molecule has 7 aliphatic rings. The second-order valence-electron chi connectivity index (χ2n) is 21.8. The van der Waals surface area contributed by atoms with Crippen molar-refractivity contribution in [1.82, 2.24) is 30.1 Å². The Kier molecular flexibility index (Phi) is 12.7. The molecule has 9 unspecified atom stereocenters. The SMILES string of the molecule is C=CC1CCC1(NC(=O)C1CC2CN1C(=O)C(C(C)(C)C)NC(=O)OC1CC1CCCCCc1c(nc3ccccc3c1OC1CC3CCC(C1)N3CCC)O2)C(=O)NS(=O)(=O)C1(C)CC1. The molecule has 3 N–H and O–H groups in total. The van der Waals surface area contributed by atoms with Gasteiger partial charge in [-0.3, -0.25) is 24.0 Å². The zero-order chi connectivity index (χ0) is 46.8. The Balaban J connectivity index is 1.07. The summed E-state index contributed by atoms with van der Waals surface area (Å²) in [6.45, 7) is 14.4. The molecule has 1 aromatic heterocycles. The monoisotopic (exact) mass is 930 g/mol. The van der Waals surface area contributed by atoms with E-state index in [1.54, 1.807) is 13.0 Å². The number of hydrogen-bond acceptors (Lipinski definition) is 11. The number of ether oxygens (including phenoxy) is 3. The van der Waals surface area contributed by atoms with Crippen LogP contribution in [0.15, 0.2) is 36.9 Å². The number of rotatable bonds is 10. The van der Waals surface area contributed by atoms with Crippen molar-refractivity contribution in [3.8, 4) is 11.6 Å². The lowest BCUT2D eigenvalue weighted by Crippen LogP contribution is -2.70. The summed E-state index contributed by atoms with van der Waals surface area (Å²) in [4.78, 5) is 66.8. The molecular formula is C50H70N6O9S. The molecule has 0 radical (unpaired) electrons. The largest absolute Gasteiger partial charge is 0.489 e. The van der Waals surface area contributed by atoms with Gasteiger partial charge in [0.1, 0.15) is 41.7 Å². The highest BCUT2D eigenvalue weighted by Gasteiger charge is 2.58. The van der Waals surface area contributed by atoms with Crippen LogP contribution in [0.4, 0.5) is 4.79 Å². The highest BCUT2D eigenvalue weighted by molar-refractivity contribution is 7.91. The number of aromatic nitrogens is 1. The number of pyridine rings is 1. The van der Waals surface area contributed by atoms with Gasteiger partial charge in [0, 0.05) is 29.8 Å². The van der Waals surface area contributed by atoms with Crippen LogP contribution in [-0.4, -0.2) is 113 Å². The van der Waals surface area contributed by atoms with E-state index in [0.717, 1.165) is 80.1 Å². The third-order valence-corrected chi connectivity index (χ3v) is 18.1. The van der Waals surface area contributed by atoms with Gasteiger partial charge in [-0.2, -0.15) is 0 Å². The lowest BCUT2D eigenvalue weighted by atomic mass is 9.66. The maximum Gasteiger partial charge on any atom is 0.408 e. The Hall–Kier alpha value is -4.44. The Morgan fingerprint density at radius 3 is 2.41 bits per heavy atom. The predicted octanol–water partition coefficient (Wildman–Crippen LogP) is 6.46. The number of benzene rings is 1. The lowest BCUT2D eigenvalue weighted by molar-refractivity contribution is -0.145. The minimum atomic E-state index is -4.03. The van der Waals surface area contributed by atoms with E-state index < -0.39 is 73.6 Å². The molecule has 360 valence electrons. The molecule has 4 aliphatic heterocycles. The number of hydrogen-bond donors (Lipinski definition) is 3. The molecule has 1 aromatic carbocycles. The van der Waals surface area contributed by atoms with Crippen LogP contribution >= 0.6 is 0 Å². The van der Waals surface area contributed by atoms with Crippen LogP contribution < -0.4 is 24.8 Å². The van der Waals surface area contributed by atoms with E-state index in [0.29, 0.717) is 43.6 Å². The van der Waals surface area contributed by atoms with Gasteiger partial charge in [0.05, 0.1) is 22.4 Å². The van der Waals surface area contributed by atoms with E-state index >= 15 is 4.79 Å². The van der Waals surface area contributed by atoms with Crippen molar-refractivity contribution in [2.75, 3.05) is 13.1 Å². The van der Waals surface area contributed by atoms with Gasteiger partial charge in [-0.05, 0) is 120 Å². The first-order valence-corrected chi connectivity index (χ1v) is 26.2. The van der Waals surface area contributed by atoms with Crippen LogP contribution in [0.2, 0.25) is 0 Å². The Morgan fingerprint density at radius 1 is 1.00 bits per heavy atom. The van der Waals surface area contributed by atoms with Gasteiger partial charge in [-0.1, -0.05) is 58.7 Å². The third kappa shape index (κ3) is 9.01. The first-order valence-electron chi connectivity index (χ1n) is 24.7. The van der Waals surface area contributed by atoms with Crippen molar-refractivity contribution in [2.45, 2.75) is 190 Å². The quantitative estimate of drug-likeness (QED) is 0.222. The maximum absolute atomic E-state index is 15.0. The fourth-order valence-corrected chi connectivity index (χ4v) is 12.8. The van der Waals surface area contributed by atoms with Crippen LogP contribution in [0.1, 0.15) is 136 Å². The van der Waals surface area contributed by atoms with Gasteiger partial charge in [0.25, 0.3) is 5.91 Å². The summed E-state index contributed by atoms with van der Waals surface area (Å²) in [5.74, 6) is -1.07. The summed E-state index contributed by atoms with van der Waals surface area (Å²) in [6.07, 6.45) is 12.0. The molecule has 16 heteroatoms. The second kappa shape index (κ2) is 17.9. The second-order valence-corrected chi connectivity index (χ2v) is 24.0. The zero-order valence-electron chi connectivity index (χ0n) is 39.4. The molecule has 0 spiro atoms. The van der Waals surface area contributed by atoms with Gasteiger partial charge in [-0.15, -0.1) is 6.58 Å². The molecule has 4 amide bonds. The molecule has 3 aliphatic carbocycles. The molecule has 9 rings (SSSR count). The van der Waals surface area contributed by atoms with Crippen molar-refractivity contribution in [3.05, 3.63) is 42.5 Å². The number of nitrogens with zero attached hydrogens (tertiary/aromatic N) is 3. The molecule has 2 aromatic rings. The molecule has 6 fully saturated rings. The Bertz CT molecular complexity index is 2330. The average molecular weight is 931 g/mol. The van der Waals surface area contributed by atoms with Gasteiger partial charge in [0.15, 0.2) is 0 Å². The number of piperidine rings is 1. The molecule has 4 bridgehead atoms. The number of para-hydroxylation sites is 1.